The maximum atomic E-state index is 14.9. The topological polar surface area (TPSA) is 325 Å². The lowest BCUT2D eigenvalue weighted by Crippen LogP contribution is -2.62. The molecule has 0 unspecified atom stereocenters. The predicted molar refractivity (Wildman–Crippen MR) is 310 cm³/mol. The second-order valence-electron chi connectivity index (χ2n) is 23.7. The molecule has 3 heterocycles. The Hall–Kier alpha value is -6.94. The highest BCUT2D eigenvalue weighted by Gasteiger charge is 2.43. The van der Waals surface area contributed by atoms with Crippen LogP contribution >= 0.6 is 0 Å². The summed E-state index contributed by atoms with van der Waals surface area (Å²) in [6.45, 7) is 15.0. The normalized spacial score (nSPS) is 26.6. The molecule has 0 aromatic heterocycles. The minimum absolute atomic E-state index is 0.0279. The van der Waals surface area contributed by atoms with E-state index in [2.05, 4.69) is 42.5 Å². The molecule has 0 aliphatic carbocycles. The summed E-state index contributed by atoms with van der Waals surface area (Å²) in [6.07, 6.45) is 2.45. The number of nitrogens with zero attached hydrogens (tertiary/aromatic N) is 2. The van der Waals surface area contributed by atoms with Crippen LogP contribution in [-0.4, -0.2) is 155 Å². The first kappa shape index (κ1) is 65.9. The Morgan fingerprint density at radius 1 is 0.415 bits per heavy atom. The number of amides is 10. The van der Waals surface area contributed by atoms with Crippen LogP contribution in [0.4, 0.5) is 0 Å². The van der Waals surface area contributed by atoms with Gasteiger partial charge in [0.25, 0.3) is 0 Å². The average molecular weight is 1140 g/mol. The minimum atomic E-state index is -1.22. The number of nitrogens with two attached hydrogens (primary N) is 2. The van der Waals surface area contributed by atoms with Crippen LogP contribution in [0, 0.1) is 23.7 Å². The molecule has 22 nitrogen and oxygen atoms in total. The molecule has 82 heavy (non-hydrogen) atoms. The molecule has 10 amide bonds. The van der Waals surface area contributed by atoms with Gasteiger partial charge in [-0.15, -0.1) is 0 Å². The van der Waals surface area contributed by atoms with E-state index in [1.807, 2.05) is 39.8 Å². The summed E-state index contributed by atoms with van der Waals surface area (Å²) in [6, 6.07) is 6.30. The van der Waals surface area contributed by atoms with Crippen molar-refractivity contribution in [1.82, 2.24) is 52.3 Å². The van der Waals surface area contributed by atoms with E-state index in [9.17, 15) is 47.9 Å². The Balaban J connectivity index is 1.58. The fourth-order valence-corrected chi connectivity index (χ4v) is 10.9. The molecule has 452 valence electrons. The fourth-order valence-electron chi connectivity index (χ4n) is 10.9. The number of hydrogen-bond donors (Lipinski definition) is 10. The highest BCUT2D eigenvalue weighted by molar-refractivity contribution is 6.00. The zero-order chi connectivity index (χ0) is 60.2. The SMILES string of the molecule is CC(C)C[C@@H]1NC(=O)[C@H](CCCN)NC(=O)[C@H](C(C)C)NC(=O)[C@@H]2CCCN2C(=O)[C@H](Cc2ccccc2)NC(=O)[C@H](CC(C)C)NC(=O)[C@H](CCCN)NC(=O)[C@H](C(C)C)NC(=O)[C@@H]2CCCN2C(=O)[C@H](Cc2ccccc2)NC1=O. The first-order valence-corrected chi connectivity index (χ1v) is 29.5. The Kier molecular flexibility index (Phi) is 25.7. The van der Waals surface area contributed by atoms with Crippen LogP contribution in [0.25, 0.3) is 0 Å². The lowest BCUT2D eigenvalue weighted by atomic mass is 9.99. The predicted octanol–water partition coefficient (Wildman–Crippen LogP) is 1.23. The lowest BCUT2D eigenvalue weighted by Gasteiger charge is -2.33. The molecular weight excluding hydrogens is 1050 g/mol. The minimum Gasteiger partial charge on any atom is -0.343 e. The third kappa shape index (κ3) is 19.1. The van der Waals surface area contributed by atoms with Gasteiger partial charge in [-0.3, -0.25) is 47.9 Å². The zero-order valence-corrected chi connectivity index (χ0v) is 49.3. The van der Waals surface area contributed by atoms with Crippen LogP contribution in [0.2, 0.25) is 0 Å². The Labute approximate surface area is 483 Å². The first-order valence-electron chi connectivity index (χ1n) is 29.5. The third-order valence-corrected chi connectivity index (χ3v) is 15.3. The molecule has 3 saturated heterocycles. The van der Waals surface area contributed by atoms with E-state index >= 15 is 0 Å². The largest absolute Gasteiger partial charge is 0.343 e. The van der Waals surface area contributed by atoms with Crippen molar-refractivity contribution in [2.24, 2.45) is 35.1 Å². The second kappa shape index (κ2) is 32.0. The molecule has 0 saturated carbocycles. The summed E-state index contributed by atoms with van der Waals surface area (Å²) in [5, 5.41) is 22.8. The van der Waals surface area contributed by atoms with Crippen LogP contribution < -0.4 is 54.0 Å². The van der Waals surface area contributed by atoms with Gasteiger partial charge in [-0.25, -0.2) is 0 Å². The molecule has 12 N–H and O–H groups in total. The number of nitrogens with one attached hydrogen (secondary N) is 8. The molecule has 2 aromatic rings. The average Bonchev–Trinajstić information content (AvgIpc) is 4.16. The van der Waals surface area contributed by atoms with E-state index in [0.29, 0.717) is 36.8 Å². The van der Waals surface area contributed by atoms with Crippen molar-refractivity contribution in [1.29, 1.82) is 0 Å². The molecule has 0 radical (unpaired) electrons. The van der Waals surface area contributed by atoms with Crippen LogP contribution in [0.5, 0.6) is 0 Å². The van der Waals surface area contributed by atoms with Gasteiger partial charge in [-0.05, 0) is 112 Å². The Morgan fingerprint density at radius 2 is 0.732 bits per heavy atom. The van der Waals surface area contributed by atoms with Crippen molar-refractivity contribution >= 4 is 59.1 Å². The molecule has 3 aliphatic rings. The summed E-state index contributed by atoms with van der Waals surface area (Å²) in [7, 11) is 0. The van der Waals surface area contributed by atoms with Crippen molar-refractivity contribution in [2.45, 2.75) is 193 Å². The maximum absolute atomic E-state index is 14.9. The van der Waals surface area contributed by atoms with Crippen molar-refractivity contribution in [3.05, 3.63) is 71.8 Å². The number of rotatable bonds is 16. The van der Waals surface area contributed by atoms with Crippen LogP contribution in [-0.2, 0) is 60.8 Å². The maximum Gasteiger partial charge on any atom is 0.246 e. The van der Waals surface area contributed by atoms with Gasteiger partial charge in [0.15, 0.2) is 0 Å². The number of benzene rings is 2. The van der Waals surface area contributed by atoms with Gasteiger partial charge >= 0.3 is 0 Å². The molecule has 0 spiro atoms. The molecule has 3 aliphatic heterocycles. The van der Waals surface area contributed by atoms with Gasteiger partial charge in [0.1, 0.15) is 60.4 Å². The summed E-state index contributed by atoms with van der Waals surface area (Å²) < 4.78 is 0. The molecular formula is C60H92N12O10. The molecule has 3 fully saturated rings. The molecule has 22 heteroatoms. The third-order valence-electron chi connectivity index (χ3n) is 15.3. The Bertz CT molecular complexity index is 2330. The van der Waals surface area contributed by atoms with Crippen LogP contribution in [0.3, 0.4) is 0 Å². The first-order chi connectivity index (χ1) is 39.0. The standard InChI is InChI=1S/C60H92N12O10/c1-35(2)31-43-53(75)67-45(33-39-19-11-9-12-20-39)59(81)71-29-17-25-47(71)55(77)70-50(38(7)8)58(80)64-42(24-16-28-62)52(74)66-44(32-36(3)4)54(76)68-46(34-40-21-13-10-14-22-40)60(82)72-30-18-26-48(72)56(78)69-49(37(5)6)57(79)63-41(23-15-27-61)51(73)65-43/h9-14,19-22,35-38,41-50H,15-18,23-34,61-62H2,1-8H3,(H,63,79)(H,64,80)(H,65,73)(H,66,74)(H,67,75)(H,68,76)(H,69,78)(H,70,77)/t41-,42-,43-,44-,45-,46-,47-,48-,49-,50-/m0/s1. The van der Waals surface area contributed by atoms with Crippen molar-refractivity contribution in [3.63, 3.8) is 0 Å². The van der Waals surface area contributed by atoms with Crippen LogP contribution in [0.15, 0.2) is 60.7 Å². The van der Waals surface area contributed by atoms with Crippen LogP contribution in [0.1, 0.15) is 131 Å². The van der Waals surface area contributed by atoms with Gasteiger partial charge in [0.2, 0.25) is 59.1 Å². The van der Waals surface area contributed by atoms with E-state index in [4.69, 9.17) is 11.5 Å². The smallest absolute Gasteiger partial charge is 0.246 e. The van der Waals surface area contributed by atoms with E-state index in [0.717, 1.165) is 0 Å². The van der Waals surface area contributed by atoms with Crippen molar-refractivity contribution in [3.8, 4) is 0 Å². The number of carbonyl (C=O) groups is 10. The zero-order valence-electron chi connectivity index (χ0n) is 49.3. The van der Waals surface area contributed by atoms with E-state index in [1.165, 1.54) is 9.80 Å². The highest BCUT2D eigenvalue weighted by Crippen LogP contribution is 2.24. The molecule has 0 bridgehead atoms. The number of hydrogen-bond acceptors (Lipinski definition) is 12. The summed E-state index contributed by atoms with van der Waals surface area (Å²) in [5.74, 6) is -7.75. The quantitative estimate of drug-likeness (QED) is 0.114. The highest BCUT2D eigenvalue weighted by atomic mass is 16.2. The van der Waals surface area contributed by atoms with E-state index in [1.54, 1.807) is 76.2 Å². The fraction of sp³-hybridized carbons (Fsp3) is 0.633. The molecule has 2 aromatic carbocycles. The monoisotopic (exact) mass is 1140 g/mol. The van der Waals surface area contributed by atoms with E-state index in [-0.39, 0.29) is 89.4 Å². The van der Waals surface area contributed by atoms with Gasteiger partial charge in [0, 0.05) is 25.9 Å². The Morgan fingerprint density at radius 3 is 1.05 bits per heavy atom. The molecule has 10 atom stereocenters. The summed E-state index contributed by atoms with van der Waals surface area (Å²) >= 11 is 0. The van der Waals surface area contributed by atoms with Gasteiger partial charge in [0.05, 0.1) is 0 Å². The van der Waals surface area contributed by atoms with Gasteiger partial charge < -0.3 is 63.8 Å². The van der Waals surface area contributed by atoms with Crippen molar-refractivity contribution < 1.29 is 47.9 Å². The number of carbonyl (C=O) groups excluding carboxylic acids is 10. The van der Waals surface area contributed by atoms with Gasteiger partial charge in [-0.1, -0.05) is 116 Å². The summed E-state index contributed by atoms with van der Waals surface area (Å²) in [5.41, 5.74) is 13.3. The number of fused-ring (bicyclic) bond motifs is 2. The summed E-state index contributed by atoms with van der Waals surface area (Å²) in [4.78, 5) is 149. The second-order valence-corrected chi connectivity index (χ2v) is 23.7. The van der Waals surface area contributed by atoms with E-state index < -0.39 is 131 Å². The molecule has 5 rings (SSSR count). The lowest BCUT2D eigenvalue weighted by molar-refractivity contribution is -0.143. The van der Waals surface area contributed by atoms with Crippen molar-refractivity contribution in [2.75, 3.05) is 26.2 Å². The van der Waals surface area contributed by atoms with Gasteiger partial charge in [-0.2, -0.15) is 0 Å².